The zero-order chi connectivity index (χ0) is 20.8. The number of anilines is 1. The molecule has 0 saturated carbocycles. The van der Waals surface area contributed by atoms with Crippen LogP contribution >= 0.6 is 0 Å². The SMILES string of the molecule is Cc1nnc2cc(N3CCN(S(=O)(=O)c4cccc(C(F)(F)F)c4)CC3)cnn12. The second kappa shape index (κ2) is 6.95. The number of alkyl halides is 3. The fourth-order valence-corrected chi connectivity index (χ4v) is 4.70. The van der Waals surface area contributed by atoms with E-state index in [1.807, 2.05) is 11.0 Å². The van der Waals surface area contributed by atoms with Crippen molar-refractivity contribution < 1.29 is 21.6 Å². The Morgan fingerprint density at radius 1 is 1.03 bits per heavy atom. The molecule has 154 valence electrons. The molecule has 29 heavy (non-hydrogen) atoms. The number of aryl methyl sites for hydroxylation is 1. The first kappa shape index (κ1) is 19.6. The molecule has 8 nitrogen and oxygen atoms in total. The molecule has 0 atom stereocenters. The lowest BCUT2D eigenvalue weighted by atomic mass is 10.2. The average molecular weight is 426 g/mol. The van der Waals surface area contributed by atoms with Gasteiger partial charge in [-0.15, -0.1) is 10.2 Å². The smallest absolute Gasteiger partial charge is 0.367 e. The van der Waals surface area contributed by atoms with Gasteiger partial charge in [0.2, 0.25) is 10.0 Å². The van der Waals surface area contributed by atoms with E-state index in [0.717, 1.165) is 17.8 Å². The summed E-state index contributed by atoms with van der Waals surface area (Å²) in [5.74, 6) is 0.656. The predicted octanol–water partition coefficient (Wildman–Crippen LogP) is 1.96. The van der Waals surface area contributed by atoms with E-state index in [1.54, 1.807) is 17.6 Å². The van der Waals surface area contributed by atoms with Crippen LogP contribution in [0.4, 0.5) is 18.9 Å². The fourth-order valence-electron chi connectivity index (χ4n) is 3.23. The quantitative estimate of drug-likeness (QED) is 0.637. The summed E-state index contributed by atoms with van der Waals surface area (Å²) >= 11 is 0. The van der Waals surface area contributed by atoms with Crippen molar-refractivity contribution in [3.8, 4) is 0 Å². The molecule has 0 radical (unpaired) electrons. The van der Waals surface area contributed by atoms with Gasteiger partial charge in [-0.1, -0.05) is 6.07 Å². The number of sulfonamides is 1. The number of hydrogen-bond acceptors (Lipinski definition) is 6. The van der Waals surface area contributed by atoms with Gasteiger partial charge in [0, 0.05) is 32.2 Å². The number of rotatable bonds is 3. The van der Waals surface area contributed by atoms with Crippen molar-refractivity contribution in [3.05, 3.63) is 47.9 Å². The summed E-state index contributed by atoms with van der Waals surface area (Å²) in [5.41, 5.74) is 0.375. The molecule has 0 amide bonds. The van der Waals surface area contributed by atoms with Crippen LogP contribution < -0.4 is 4.90 Å². The van der Waals surface area contributed by atoms with Gasteiger partial charge >= 0.3 is 6.18 Å². The number of halogens is 3. The lowest BCUT2D eigenvalue weighted by Gasteiger charge is -2.35. The number of piperazine rings is 1. The lowest BCUT2D eigenvalue weighted by Crippen LogP contribution is -2.48. The Bertz CT molecular complexity index is 1150. The van der Waals surface area contributed by atoms with Crippen molar-refractivity contribution in [2.24, 2.45) is 0 Å². The molecule has 1 aromatic carbocycles. The van der Waals surface area contributed by atoms with Crippen LogP contribution in [0.3, 0.4) is 0 Å². The molecule has 4 rings (SSSR count). The summed E-state index contributed by atoms with van der Waals surface area (Å²) in [6.07, 6.45) is -2.95. The maximum atomic E-state index is 12.9. The van der Waals surface area contributed by atoms with E-state index in [2.05, 4.69) is 15.3 Å². The molecule has 0 spiro atoms. The van der Waals surface area contributed by atoms with Crippen LogP contribution in [0.15, 0.2) is 41.4 Å². The summed E-state index contributed by atoms with van der Waals surface area (Å²) in [6, 6.07) is 5.62. The molecule has 1 aliphatic heterocycles. The highest BCUT2D eigenvalue weighted by Crippen LogP contribution is 2.31. The number of aromatic nitrogens is 4. The van der Waals surface area contributed by atoms with Crippen molar-refractivity contribution in [2.75, 3.05) is 31.1 Å². The zero-order valence-electron chi connectivity index (χ0n) is 15.3. The first-order valence-corrected chi connectivity index (χ1v) is 10.2. The van der Waals surface area contributed by atoms with E-state index in [4.69, 9.17) is 0 Å². The second-order valence-electron chi connectivity index (χ2n) is 6.65. The summed E-state index contributed by atoms with van der Waals surface area (Å²) in [7, 11) is -4.02. The summed E-state index contributed by atoms with van der Waals surface area (Å²) in [5, 5.41) is 12.2. The van der Waals surface area contributed by atoms with Gasteiger partial charge in [-0.05, 0) is 25.1 Å². The second-order valence-corrected chi connectivity index (χ2v) is 8.59. The van der Waals surface area contributed by atoms with E-state index in [1.165, 1.54) is 10.4 Å². The summed E-state index contributed by atoms with van der Waals surface area (Å²) < 4.78 is 67.1. The van der Waals surface area contributed by atoms with Crippen LogP contribution in [0.1, 0.15) is 11.4 Å². The van der Waals surface area contributed by atoms with E-state index >= 15 is 0 Å². The minimum absolute atomic E-state index is 0.148. The number of nitrogens with zero attached hydrogens (tertiary/aromatic N) is 6. The number of hydrogen-bond donors (Lipinski definition) is 0. The lowest BCUT2D eigenvalue weighted by molar-refractivity contribution is -0.137. The molecule has 3 aromatic rings. The third kappa shape index (κ3) is 3.65. The Kier molecular flexibility index (Phi) is 4.69. The van der Waals surface area contributed by atoms with Gasteiger partial charge in [-0.25, -0.2) is 8.42 Å². The van der Waals surface area contributed by atoms with E-state index in [9.17, 15) is 21.6 Å². The monoisotopic (exact) mass is 426 g/mol. The summed E-state index contributed by atoms with van der Waals surface area (Å²) in [6.45, 7) is 2.83. The Balaban J connectivity index is 1.51. The molecule has 0 aliphatic carbocycles. The fraction of sp³-hybridized carbons (Fsp3) is 0.353. The van der Waals surface area contributed by atoms with Crippen molar-refractivity contribution in [1.82, 2.24) is 24.1 Å². The van der Waals surface area contributed by atoms with Crippen LogP contribution in [-0.2, 0) is 16.2 Å². The van der Waals surface area contributed by atoms with Crippen LogP contribution in [0.5, 0.6) is 0 Å². The first-order valence-electron chi connectivity index (χ1n) is 8.77. The molecule has 0 bridgehead atoms. The average Bonchev–Trinajstić information content (AvgIpc) is 3.08. The van der Waals surface area contributed by atoms with Gasteiger partial charge in [0.05, 0.1) is 22.3 Å². The normalized spacial score (nSPS) is 16.5. The van der Waals surface area contributed by atoms with E-state index in [-0.39, 0.29) is 18.0 Å². The van der Waals surface area contributed by atoms with Gasteiger partial charge in [0.25, 0.3) is 0 Å². The van der Waals surface area contributed by atoms with Gasteiger partial charge < -0.3 is 4.90 Å². The molecule has 1 aliphatic rings. The van der Waals surface area contributed by atoms with Crippen molar-refractivity contribution >= 4 is 21.4 Å². The van der Waals surface area contributed by atoms with Crippen LogP contribution in [0.2, 0.25) is 0 Å². The zero-order valence-corrected chi connectivity index (χ0v) is 16.2. The maximum Gasteiger partial charge on any atom is 0.416 e. The largest absolute Gasteiger partial charge is 0.416 e. The van der Waals surface area contributed by atoms with Crippen molar-refractivity contribution in [1.29, 1.82) is 0 Å². The van der Waals surface area contributed by atoms with Crippen LogP contribution in [0, 0.1) is 6.92 Å². The first-order chi connectivity index (χ1) is 13.7. The highest BCUT2D eigenvalue weighted by Gasteiger charge is 2.34. The van der Waals surface area contributed by atoms with Crippen LogP contribution in [0.25, 0.3) is 5.65 Å². The van der Waals surface area contributed by atoms with Gasteiger partial charge in [-0.3, -0.25) is 0 Å². The molecule has 2 aromatic heterocycles. The van der Waals surface area contributed by atoms with E-state index in [0.29, 0.717) is 30.6 Å². The molecule has 1 fully saturated rings. The van der Waals surface area contributed by atoms with Crippen molar-refractivity contribution in [2.45, 2.75) is 18.0 Å². The number of benzene rings is 1. The van der Waals surface area contributed by atoms with Crippen molar-refractivity contribution in [3.63, 3.8) is 0 Å². The summed E-state index contributed by atoms with van der Waals surface area (Å²) in [4.78, 5) is 1.60. The molecular weight excluding hydrogens is 409 g/mol. The van der Waals surface area contributed by atoms with E-state index < -0.39 is 21.8 Å². The number of fused-ring (bicyclic) bond motifs is 1. The van der Waals surface area contributed by atoms with Gasteiger partial charge in [-0.2, -0.15) is 27.1 Å². The molecule has 1 saturated heterocycles. The van der Waals surface area contributed by atoms with Gasteiger partial charge in [0.1, 0.15) is 0 Å². The molecule has 12 heteroatoms. The Morgan fingerprint density at radius 3 is 2.45 bits per heavy atom. The van der Waals surface area contributed by atoms with Crippen LogP contribution in [-0.4, -0.2) is 58.7 Å². The third-order valence-electron chi connectivity index (χ3n) is 4.81. The highest BCUT2D eigenvalue weighted by atomic mass is 32.2. The Morgan fingerprint density at radius 2 is 1.76 bits per heavy atom. The standard InChI is InChI=1S/C17H17F3N6O2S/c1-12-22-23-16-10-14(11-21-26(12)16)24-5-7-25(8-6-24)29(27,28)15-4-2-3-13(9-15)17(18,19)20/h2-4,9-11H,5-8H2,1H3. The molecule has 0 unspecified atom stereocenters. The molecule has 3 heterocycles. The molecular formula is C17H17F3N6O2S. The Hall–Kier alpha value is -2.73. The third-order valence-corrected chi connectivity index (χ3v) is 6.70. The minimum atomic E-state index is -4.60. The Labute approximate surface area is 164 Å². The molecule has 0 N–H and O–H groups in total. The minimum Gasteiger partial charge on any atom is -0.367 e. The van der Waals surface area contributed by atoms with Gasteiger partial charge in [0.15, 0.2) is 11.5 Å². The maximum absolute atomic E-state index is 12.9. The predicted molar refractivity (Wildman–Crippen MR) is 97.9 cm³/mol. The highest BCUT2D eigenvalue weighted by molar-refractivity contribution is 7.89. The topological polar surface area (TPSA) is 83.7 Å².